The molecule has 2 nitrogen and oxygen atoms in total. The minimum absolute atomic E-state index is 0.0399. The third kappa shape index (κ3) is 1.09. The van der Waals surface area contributed by atoms with Crippen LogP contribution in [0.4, 0.5) is 0 Å². The van der Waals surface area contributed by atoms with Crippen molar-refractivity contribution in [1.29, 1.82) is 0 Å². The van der Waals surface area contributed by atoms with Crippen LogP contribution in [0.1, 0.15) is 39.5 Å². The Morgan fingerprint density at radius 2 is 1.92 bits per heavy atom. The van der Waals surface area contributed by atoms with Crippen LogP contribution in [0.25, 0.3) is 0 Å². The van der Waals surface area contributed by atoms with Crippen LogP contribution in [-0.2, 0) is 4.74 Å². The molecule has 3 fully saturated rings. The quantitative estimate of drug-likeness (QED) is 0.648. The molecule has 12 heavy (non-hydrogen) atoms. The lowest BCUT2D eigenvalue weighted by Gasteiger charge is -2.55. The highest BCUT2D eigenvalue weighted by molar-refractivity contribution is 5.00. The molecular formula is C10H19NO. The molecule has 0 aromatic carbocycles. The molecule has 0 spiro atoms. The number of fused-ring (bicyclic) bond motifs is 3. The minimum Gasteiger partial charge on any atom is -0.368 e. The van der Waals surface area contributed by atoms with Gasteiger partial charge in [0.05, 0.1) is 11.2 Å². The van der Waals surface area contributed by atoms with Gasteiger partial charge in [0.15, 0.2) is 0 Å². The van der Waals surface area contributed by atoms with E-state index in [1.54, 1.807) is 0 Å². The van der Waals surface area contributed by atoms with Crippen molar-refractivity contribution < 1.29 is 4.74 Å². The third-order valence-electron chi connectivity index (χ3n) is 3.73. The predicted molar refractivity (Wildman–Crippen MR) is 48.9 cm³/mol. The van der Waals surface area contributed by atoms with Crippen LogP contribution in [0, 0.1) is 5.92 Å². The molecule has 0 radical (unpaired) electrons. The van der Waals surface area contributed by atoms with Crippen molar-refractivity contribution in [2.75, 3.05) is 6.54 Å². The van der Waals surface area contributed by atoms with Crippen LogP contribution in [0.3, 0.4) is 0 Å². The highest BCUT2D eigenvalue weighted by Gasteiger charge is 2.49. The summed E-state index contributed by atoms with van der Waals surface area (Å²) in [6.45, 7) is 5.12. The van der Waals surface area contributed by atoms with E-state index in [4.69, 9.17) is 10.5 Å². The summed E-state index contributed by atoms with van der Waals surface area (Å²) in [5.41, 5.74) is 5.89. The monoisotopic (exact) mass is 169 g/mol. The summed E-state index contributed by atoms with van der Waals surface area (Å²) in [6.07, 6.45) is 4.98. The van der Waals surface area contributed by atoms with Gasteiger partial charge in [0.25, 0.3) is 0 Å². The first-order chi connectivity index (χ1) is 5.58. The largest absolute Gasteiger partial charge is 0.368 e. The molecule has 0 atom stereocenters. The summed E-state index contributed by atoms with van der Waals surface area (Å²) in [5, 5.41) is 0. The van der Waals surface area contributed by atoms with E-state index < -0.39 is 0 Å². The van der Waals surface area contributed by atoms with Gasteiger partial charge in [-0.25, -0.2) is 0 Å². The molecule has 2 heterocycles. The van der Waals surface area contributed by atoms with Gasteiger partial charge in [0, 0.05) is 6.54 Å². The number of rotatable bonds is 1. The van der Waals surface area contributed by atoms with Crippen molar-refractivity contribution >= 4 is 0 Å². The third-order valence-corrected chi connectivity index (χ3v) is 3.73. The Balaban J connectivity index is 2.20. The van der Waals surface area contributed by atoms with Gasteiger partial charge < -0.3 is 10.5 Å². The number of hydrogen-bond donors (Lipinski definition) is 1. The van der Waals surface area contributed by atoms with Gasteiger partial charge >= 0.3 is 0 Å². The fourth-order valence-electron chi connectivity index (χ4n) is 2.83. The first-order valence-electron chi connectivity index (χ1n) is 4.98. The average molecular weight is 169 g/mol. The summed E-state index contributed by atoms with van der Waals surface area (Å²) < 4.78 is 6.08. The van der Waals surface area contributed by atoms with Gasteiger partial charge in [-0.2, -0.15) is 0 Å². The Bertz CT molecular complexity index is 180. The standard InChI is InChI=1S/C10H19NO/c1-9(2)8-3-5-10(7-11,12-9)6-4-8/h8H,3-7,11H2,1-2H3. The van der Waals surface area contributed by atoms with Crippen molar-refractivity contribution in [1.82, 2.24) is 0 Å². The highest BCUT2D eigenvalue weighted by Crippen LogP contribution is 2.49. The number of ether oxygens (including phenoxy) is 1. The van der Waals surface area contributed by atoms with Crippen molar-refractivity contribution in [2.45, 2.75) is 50.7 Å². The molecule has 2 aliphatic heterocycles. The molecule has 3 rings (SSSR count). The van der Waals surface area contributed by atoms with E-state index >= 15 is 0 Å². The molecule has 2 bridgehead atoms. The highest BCUT2D eigenvalue weighted by atomic mass is 16.5. The predicted octanol–water partition coefficient (Wildman–Crippen LogP) is 1.68. The molecule has 2 saturated heterocycles. The van der Waals surface area contributed by atoms with Crippen LogP contribution >= 0.6 is 0 Å². The van der Waals surface area contributed by atoms with E-state index in [0.29, 0.717) is 6.54 Å². The normalized spacial score (nSPS) is 44.8. The Labute approximate surface area is 74.5 Å². The van der Waals surface area contributed by atoms with E-state index in [9.17, 15) is 0 Å². The summed E-state index contributed by atoms with van der Waals surface area (Å²) in [6, 6.07) is 0. The maximum atomic E-state index is 6.08. The second-order valence-corrected chi connectivity index (χ2v) is 4.87. The molecule has 1 saturated carbocycles. The number of hydrogen-bond acceptors (Lipinski definition) is 2. The second kappa shape index (κ2) is 2.46. The molecule has 3 aliphatic rings. The van der Waals surface area contributed by atoms with E-state index in [-0.39, 0.29) is 11.2 Å². The maximum absolute atomic E-state index is 6.08. The van der Waals surface area contributed by atoms with Crippen molar-refractivity contribution in [3.63, 3.8) is 0 Å². The Morgan fingerprint density at radius 3 is 2.25 bits per heavy atom. The molecule has 0 aromatic rings. The first-order valence-corrected chi connectivity index (χ1v) is 4.98. The minimum atomic E-state index is 0.0399. The van der Waals surface area contributed by atoms with Gasteiger partial charge in [-0.3, -0.25) is 0 Å². The maximum Gasteiger partial charge on any atom is 0.0811 e. The van der Waals surface area contributed by atoms with Gasteiger partial charge in [-0.05, 0) is 45.4 Å². The fourth-order valence-corrected chi connectivity index (χ4v) is 2.83. The van der Waals surface area contributed by atoms with Gasteiger partial charge in [-0.15, -0.1) is 0 Å². The SMILES string of the molecule is CC1(C)OC2(CN)CCC1CC2. The average Bonchev–Trinajstić information content (AvgIpc) is 2.04. The zero-order valence-corrected chi connectivity index (χ0v) is 8.10. The molecule has 70 valence electrons. The molecule has 0 aromatic heterocycles. The smallest absolute Gasteiger partial charge is 0.0811 e. The van der Waals surface area contributed by atoms with E-state index in [1.165, 1.54) is 25.7 Å². The lowest BCUT2D eigenvalue weighted by molar-refractivity contribution is -0.233. The van der Waals surface area contributed by atoms with E-state index in [2.05, 4.69) is 13.8 Å². The molecule has 2 N–H and O–H groups in total. The molecule has 1 aliphatic carbocycles. The summed E-state index contributed by atoms with van der Waals surface area (Å²) in [7, 11) is 0. The lowest BCUT2D eigenvalue weighted by atomic mass is 9.68. The van der Waals surface area contributed by atoms with Crippen LogP contribution in [-0.4, -0.2) is 17.7 Å². The summed E-state index contributed by atoms with van der Waals surface area (Å²) in [5.74, 6) is 0.769. The van der Waals surface area contributed by atoms with E-state index in [0.717, 1.165) is 5.92 Å². The Morgan fingerprint density at radius 1 is 1.33 bits per heavy atom. The van der Waals surface area contributed by atoms with Crippen LogP contribution in [0.5, 0.6) is 0 Å². The molecule has 2 heteroatoms. The van der Waals surface area contributed by atoms with Gasteiger partial charge in [0.1, 0.15) is 0 Å². The molecule has 0 unspecified atom stereocenters. The number of nitrogens with two attached hydrogens (primary N) is 1. The van der Waals surface area contributed by atoms with Crippen molar-refractivity contribution in [3.05, 3.63) is 0 Å². The first kappa shape index (κ1) is 8.52. The van der Waals surface area contributed by atoms with Crippen molar-refractivity contribution in [2.24, 2.45) is 11.7 Å². The van der Waals surface area contributed by atoms with E-state index in [1.807, 2.05) is 0 Å². The zero-order chi connectivity index (χ0) is 8.82. The molecular weight excluding hydrogens is 150 g/mol. The van der Waals surface area contributed by atoms with Crippen LogP contribution in [0.15, 0.2) is 0 Å². The topological polar surface area (TPSA) is 35.2 Å². The van der Waals surface area contributed by atoms with Crippen LogP contribution in [0.2, 0.25) is 0 Å². The Kier molecular flexibility index (Phi) is 1.74. The van der Waals surface area contributed by atoms with Crippen molar-refractivity contribution in [3.8, 4) is 0 Å². The summed E-state index contributed by atoms with van der Waals surface area (Å²) in [4.78, 5) is 0. The molecule has 0 amide bonds. The van der Waals surface area contributed by atoms with Crippen LogP contribution < -0.4 is 5.73 Å². The Hall–Kier alpha value is -0.0800. The lowest BCUT2D eigenvalue weighted by Crippen LogP contribution is -2.58. The van der Waals surface area contributed by atoms with Gasteiger partial charge in [0.2, 0.25) is 0 Å². The fraction of sp³-hybridized carbons (Fsp3) is 1.00. The second-order valence-electron chi connectivity index (χ2n) is 4.87. The van der Waals surface area contributed by atoms with Gasteiger partial charge in [-0.1, -0.05) is 0 Å². The zero-order valence-electron chi connectivity index (χ0n) is 8.10. The summed E-state index contributed by atoms with van der Waals surface area (Å²) >= 11 is 0.